The SMILES string of the molecule is C[C@H]1OCCN[C@@H]1C(=O)Nc1ccc(OCc2cccnc2)c(Cl)c1. The minimum atomic E-state index is -0.381. The highest BCUT2D eigenvalue weighted by atomic mass is 35.5. The fourth-order valence-electron chi connectivity index (χ4n) is 2.59. The van der Waals surface area contributed by atoms with E-state index in [2.05, 4.69) is 15.6 Å². The van der Waals surface area contributed by atoms with Crippen molar-refractivity contribution >= 4 is 23.2 Å². The van der Waals surface area contributed by atoms with Crippen molar-refractivity contribution in [3.63, 3.8) is 0 Å². The number of pyridine rings is 1. The minimum Gasteiger partial charge on any atom is -0.487 e. The molecule has 1 saturated heterocycles. The second-order valence-corrected chi connectivity index (χ2v) is 6.20. The molecule has 0 unspecified atom stereocenters. The molecule has 7 heteroatoms. The lowest BCUT2D eigenvalue weighted by Crippen LogP contribution is -2.53. The molecule has 2 heterocycles. The molecule has 1 aromatic heterocycles. The van der Waals surface area contributed by atoms with Crippen molar-refractivity contribution in [1.82, 2.24) is 10.3 Å². The van der Waals surface area contributed by atoms with E-state index in [1.54, 1.807) is 30.6 Å². The largest absolute Gasteiger partial charge is 0.487 e. The van der Waals surface area contributed by atoms with Crippen LogP contribution in [0.4, 0.5) is 5.69 Å². The van der Waals surface area contributed by atoms with Crippen LogP contribution in [0.5, 0.6) is 5.75 Å². The zero-order valence-corrected chi connectivity index (χ0v) is 14.6. The fourth-order valence-corrected chi connectivity index (χ4v) is 2.82. The Labute approximate surface area is 151 Å². The third-order valence-corrected chi connectivity index (χ3v) is 4.21. The summed E-state index contributed by atoms with van der Waals surface area (Å²) in [5, 5.41) is 6.44. The van der Waals surface area contributed by atoms with Gasteiger partial charge in [-0.2, -0.15) is 0 Å². The van der Waals surface area contributed by atoms with E-state index in [0.717, 1.165) is 5.56 Å². The molecule has 25 heavy (non-hydrogen) atoms. The van der Waals surface area contributed by atoms with Gasteiger partial charge in [-0.15, -0.1) is 0 Å². The number of ether oxygens (including phenoxy) is 2. The van der Waals surface area contributed by atoms with Gasteiger partial charge in [-0.05, 0) is 31.2 Å². The van der Waals surface area contributed by atoms with Crippen LogP contribution < -0.4 is 15.4 Å². The molecule has 1 aliphatic rings. The average Bonchev–Trinajstić information content (AvgIpc) is 2.62. The maximum atomic E-state index is 12.3. The first-order valence-corrected chi connectivity index (χ1v) is 8.48. The Morgan fingerprint density at radius 1 is 1.48 bits per heavy atom. The second kappa shape index (κ2) is 8.29. The molecule has 0 saturated carbocycles. The number of carbonyl (C=O) groups excluding carboxylic acids is 1. The number of hydrogen-bond acceptors (Lipinski definition) is 5. The summed E-state index contributed by atoms with van der Waals surface area (Å²) in [7, 11) is 0. The molecule has 1 amide bonds. The molecule has 6 nitrogen and oxygen atoms in total. The van der Waals surface area contributed by atoms with Gasteiger partial charge in [0.25, 0.3) is 0 Å². The molecule has 2 N–H and O–H groups in total. The lowest BCUT2D eigenvalue weighted by molar-refractivity contribution is -0.123. The van der Waals surface area contributed by atoms with Crippen LogP contribution in [0.15, 0.2) is 42.7 Å². The molecule has 1 fully saturated rings. The van der Waals surface area contributed by atoms with Crippen LogP contribution in [0, 0.1) is 0 Å². The van der Waals surface area contributed by atoms with Gasteiger partial charge >= 0.3 is 0 Å². The van der Waals surface area contributed by atoms with E-state index in [9.17, 15) is 4.79 Å². The quantitative estimate of drug-likeness (QED) is 0.856. The summed E-state index contributed by atoms with van der Waals surface area (Å²) < 4.78 is 11.2. The number of nitrogens with zero attached hydrogens (tertiary/aromatic N) is 1. The van der Waals surface area contributed by atoms with Crippen molar-refractivity contribution in [2.24, 2.45) is 0 Å². The van der Waals surface area contributed by atoms with Crippen molar-refractivity contribution in [3.8, 4) is 5.75 Å². The molecule has 2 aromatic rings. The predicted molar refractivity (Wildman–Crippen MR) is 95.9 cm³/mol. The maximum absolute atomic E-state index is 12.3. The Balaban J connectivity index is 1.60. The maximum Gasteiger partial charge on any atom is 0.244 e. The molecule has 3 rings (SSSR count). The lowest BCUT2D eigenvalue weighted by atomic mass is 10.1. The van der Waals surface area contributed by atoms with Crippen LogP contribution >= 0.6 is 11.6 Å². The first kappa shape index (κ1) is 17.7. The normalized spacial score (nSPS) is 20.1. The van der Waals surface area contributed by atoms with Gasteiger partial charge in [0.15, 0.2) is 0 Å². The molecule has 1 aliphatic heterocycles. The summed E-state index contributed by atoms with van der Waals surface area (Å²) in [6.07, 6.45) is 3.27. The van der Waals surface area contributed by atoms with Crippen molar-refractivity contribution < 1.29 is 14.3 Å². The van der Waals surface area contributed by atoms with Gasteiger partial charge in [0.1, 0.15) is 18.4 Å². The van der Waals surface area contributed by atoms with Gasteiger partial charge in [0, 0.05) is 30.2 Å². The summed E-state index contributed by atoms with van der Waals surface area (Å²) in [4.78, 5) is 16.4. The number of aromatic nitrogens is 1. The third kappa shape index (κ3) is 4.69. The van der Waals surface area contributed by atoms with E-state index in [1.807, 2.05) is 19.1 Å². The Hall–Kier alpha value is -2.15. The number of nitrogens with one attached hydrogen (secondary N) is 2. The van der Waals surface area contributed by atoms with Crippen LogP contribution in [0.2, 0.25) is 5.02 Å². The Bertz CT molecular complexity index is 727. The summed E-state index contributed by atoms with van der Waals surface area (Å²) in [6.45, 7) is 3.52. The second-order valence-electron chi connectivity index (χ2n) is 5.79. The van der Waals surface area contributed by atoms with E-state index in [-0.39, 0.29) is 18.1 Å². The Kier molecular flexibility index (Phi) is 5.86. The van der Waals surface area contributed by atoms with Crippen LogP contribution in [-0.4, -0.2) is 36.2 Å². The molecule has 0 aliphatic carbocycles. The Morgan fingerprint density at radius 2 is 2.36 bits per heavy atom. The standard InChI is InChI=1S/C18H20ClN3O3/c1-12-17(21-7-8-24-12)18(23)22-14-4-5-16(15(19)9-14)25-11-13-3-2-6-20-10-13/h2-6,9-10,12,17,21H,7-8,11H2,1H3,(H,22,23)/t12-,17+/m1/s1. The van der Waals surface area contributed by atoms with Gasteiger partial charge in [-0.3, -0.25) is 9.78 Å². The monoisotopic (exact) mass is 361 g/mol. The highest BCUT2D eigenvalue weighted by Crippen LogP contribution is 2.28. The number of benzene rings is 1. The molecular formula is C18H20ClN3O3. The van der Waals surface area contributed by atoms with Crippen LogP contribution in [0.25, 0.3) is 0 Å². The molecule has 1 aromatic carbocycles. The minimum absolute atomic E-state index is 0.146. The van der Waals surface area contributed by atoms with Gasteiger partial charge in [0.2, 0.25) is 5.91 Å². The number of halogens is 1. The van der Waals surface area contributed by atoms with Crippen LogP contribution in [-0.2, 0) is 16.1 Å². The molecule has 132 valence electrons. The van der Waals surface area contributed by atoms with E-state index in [1.165, 1.54) is 0 Å². The Morgan fingerprint density at radius 3 is 3.08 bits per heavy atom. The van der Waals surface area contributed by atoms with Crippen molar-refractivity contribution in [3.05, 3.63) is 53.3 Å². The molecule has 0 radical (unpaired) electrons. The molecule has 0 spiro atoms. The van der Waals surface area contributed by atoms with E-state index >= 15 is 0 Å². The number of rotatable bonds is 5. The van der Waals surface area contributed by atoms with Crippen molar-refractivity contribution in [2.45, 2.75) is 25.7 Å². The average molecular weight is 362 g/mol. The summed E-state index contributed by atoms with van der Waals surface area (Å²) in [5.41, 5.74) is 1.57. The number of hydrogen-bond donors (Lipinski definition) is 2. The summed E-state index contributed by atoms with van der Waals surface area (Å²) in [5.74, 6) is 0.406. The first-order valence-electron chi connectivity index (χ1n) is 8.10. The number of amides is 1. The van der Waals surface area contributed by atoms with Gasteiger partial charge in [0.05, 0.1) is 17.7 Å². The van der Waals surface area contributed by atoms with Crippen LogP contribution in [0.1, 0.15) is 12.5 Å². The number of anilines is 1. The fraction of sp³-hybridized carbons (Fsp3) is 0.333. The van der Waals surface area contributed by atoms with E-state index < -0.39 is 0 Å². The lowest BCUT2D eigenvalue weighted by Gasteiger charge is -2.29. The first-order chi connectivity index (χ1) is 12.1. The molecule has 2 atom stereocenters. The van der Waals surface area contributed by atoms with Crippen molar-refractivity contribution in [2.75, 3.05) is 18.5 Å². The predicted octanol–water partition coefficient (Wildman–Crippen LogP) is 2.63. The van der Waals surface area contributed by atoms with E-state index in [0.29, 0.717) is 36.2 Å². The molecular weight excluding hydrogens is 342 g/mol. The summed E-state index contributed by atoms with van der Waals surface area (Å²) in [6, 6.07) is 8.57. The third-order valence-electron chi connectivity index (χ3n) is 3.92. The van der Waals surface area contributed by atoms with Gasteiger partial charge in [-0.1, -0.05) is 17.7 Å². The highest BCUT2D eigenvalue weighted by molar-refractivity contribution is 6.32. The van der Waals surface area contributed by atoms with Crippen molar-refractivity contribution in [1.29, 1.82) is 0 Å². The zero-order valence-electron chi connectivity index (χ0n) is 13.9. The van der Waals surface area contributed by atoms with Crippen LogP contribution in [0.3, 0.4) is 0 Å². The zero-order chi connectivity index (χ0) is 17.6. The van der Waals surface area contributed by atoms with Gasteiger partial charge in [-0.25, -0.2) is 0 Å². The van der Waals surface area contributed by atoms with Gasteiger partial charge < -0.3 is 20.1 Å². The number of carbonyl (C=O) groups is 1. The van der Waals surface area contributed by atoms with E-state index in [4.69, 9.17) is 21.1 Å². The summed E-state index contributed by atoms with van der Waals surface area (Å²) >= 11 is 6.26. The highest BCUT2D eigenvalue weighted by Gasteiger charge is 2.28. The number of morpholine rings is 1. The molecule has 0 bridgehead atoms. The smallest absolute Gasteiger partial charge is 0.244 e. The topological polar surface area (TPSA) is 72.5 Å².